The van der Waals surface area contributed by atoms with E-state index < -0.39 is 0 Å². The van der Waals surface area contributed by atoms with Crippen molar-refractivity contribution in [2.45, 2.75) is 64.3 Å². The van der Waals surface area contributed by atoms with E-state index in [9.17, 15) is 0 Å². The summed E-state index contributed by atoms with van der Waals surface area (Å²) < 4.78 is 11.8. The topological polar surface area (TPSA) is 38.7 Å². The Morgan fingerprint density at radius 3 is 2.56 bits per heavy atom. The summed E-state index contributed by atoms with van der Waals surface area (Å²) in [7, 11) is 0. The van der Waals surface area contributed by atoms with Gasteiger partial charge in [0.25, 0.3) is 0 Å². The van der Waals surface area contributed by atoms with Crippen molar-refractivity contribution in [3.63, 3.8) is 0 Å². The maximum Gasteiger partial charge on any atom is 0.158 e. The molecule has 2 rings (SSSR count). The molecule has 0 aromatic rings. The second-order valence-corrected chi connectivity index (χ2v) is 6.42. The average Bonchev–Trinajstić information content (AvgIpc) is 2.74. The number of hydrogen-bond donors (Lipinski definition) is 1. The summed E-state index contributed by atoms with van der Waals surface area (Å²) in [5.74, 6) is 0. The van der Waals surface area contributed by atoms with E-state index in [1.807, 2.05) is 6.08 Å². The molecule has 3 heteroatoms. The van der Waals surface area contributed by atoms with Gasteiger partial charge in [-0.15, -0.1) is 0 Å². The van der Waals surface area contributed by atoms with Crippen LogP contribution in [0.2, 0.25) is 0 Å². The van der Waals surface area contributed by atoms with Gasteiger partial charge in [0.15, 0.2) is 6.29 Å². The lowest BCUT2D eigenvalue weighted by Gasteiger charge is -2.40. The maximum absolute atomic E-state index is 8.63. The molecule has 1 saturated heterocycles. The summed E-state index contributed by atoms with van der Waals surface area (Å²) in [6.07, 6.45) is 10.5. The fraction of sp³-hybridized carbons (Fsp3) is 0.867. The molecular formula is C15H26O3. The van der Waals surface area contributed by atoms with Crippen molar-refractivity contribution >= 4 is 0 Å². The quantitative estimate of drug-likeness (QED) is 0.784. The van der Waals surface area contributed by atoms with Crippen LogP contribution in [0, 0.1) is 5.41 Å². The Kier molecular flexibility index (Phi) is 4.46. The summed E-state index contributed by atoms with van der Waals surface area (Å²) in [5.41, 5.74) is 0.582. The summed E-state index contributed by atoms with van der Waals surface area (Å²) in [4.78, 5) is 0. The van der Waals surface area contributed by atoms with Crippen LogP contribution in [0.1, 0.15) is 52.4 Å². The molecule has 1 heterocycles. The predicted molar refractivity (Wildman–Crippen MR) is 71.3 cm³/mol. The van der Waals surface area contributed by atoms with Crippen LogP contribution in [0.5, 0.6) is 0 Å². The molecule has 0 aromatic heterocycles. The lowest BCUT2D eigenvalue weighted by molar-refractivity contribution is -0.177. The highest BCUT2D eigenvalue weighted by Gasteiger charge is 2.44. The lowest BCUT2D eigenvalue weighted by atomic mass is 9.70. The molecule has 1 spiro atoms. The fourth-order valence-electron chi connectivity index (χ4n) is 2.95. The van der Waals surface area contributed by atoms with E-state index in [0.29, 0.717) is 12.0 Å². The number of ether oxygens (including phenoxy) is 2. The Bertz CT molecular complexity index is 286. The molecule has 0 amide bonds. The molecular weight excluding hydrogens is 228 g/mol. The highest BCUT2D eigenvalue weighted by atomic mass is 16.7. The van der Waals surface area contributed by atoms with Gasteiger partial charge in [0.1, 0.15) is 0 Å². The Hall–Kier alpha value is -0.380. The normalized spacial score (nSPS) is 30.3. The minimum atomic E-state index is -0.0467. The van der Waals surface area contributed by atoms with Crippen LogP contribution in [0.4, 0.5) is 0 Å². The SMILES string of the molecule is CC1(C)CCC2(CCC(OC/C=C\CO)O2)CC1. The van der Waals surface area contributed by atoms with E-state index in [2.05, 4.69) is 13.8 Å². The predicted octanol–water partition coefficient (Wildman–Crippen LogP) is 3.03. The molecule has 0 bridgehead atoms. The van der Waals surface area contributed by atoms with Crippen LogP contribution in [-0.4, -0.2) is 30.2 Å². The van der Waals surface area contributed by atoms with Crippen molar-refractivity contribution in [2.75, 3.05) is 13.2 Å². The van der Waals surface area contributed by atoms with Crippen LogP contribution in [-0.2, 0) is 9.47 Å². The first-order chi connectivity index (χ1) is 8.55. The number of aliphatic hydroxyl groups is 1. The summed E-state index contributed by atoms with van der Waals surface area (Å²) >= 11 is 0. The van der Waals surface area contributed by atoms with Gasteiger partial charge in [-0.3, -0.25) is 0 Å². The van der Waals surface area contributed by atoms with E-state index in [4.69, 9.17) is 14.6 Å². The molecule has 1 aliphatic carbocycles. The number of rotatable bonds is 4. The van der Waals surface area contributed by atoms with Gasteiger partial charge in [0.2, 0.25) is 0 Å². The van der Waals surface area contributed by atoms with Crippen LogP contribution < -0.4 is 0 Å². The van der Waals surface area contributed by atoms with Crippen molar-refractivity contribution in [1.29, 1.82) is 0 Å². The maximum atomic E-state index is 8.63. The van der Waals surface area contributed by atoms with Gasteiger partial charge in [-0.2, -0.15) is 0 Å². The van der Waals surface area contributed by atoms with Gasteiger partial charge in [-0.1, -0.05) is 26.0 Å². The van der Waals surface area contributed by atoms with Crippen LogP contribution >= 0.6 is 0 Å². The Labute approximate surface area is 110 Å². The third-order valence-corrected chi connectivity index (χ3v) is 4.38. The van der Waals surface area contributed by atoms with E-state index in [0.717, 1.165) is 12.8 Å². The fourth-order valence-corrected chi connectivity index (χ4v) is 2.95. The molecule has 1 aliphatic heterocycles. The number of hydrogen-bond acceptors (Lipinski definition) is 3. The van der Waals surface area contributed by atoms with E-state index in [-0.39, 0.29) is 18.5 Å². The highest BCUT2D eigenvalue weighted by Crippen LogP contribution is 2.47. The molecule has 1 unspecified atom stereocenters. The second-order valence-electron chi connectivity index (χ2n) is 6.42. The molecule has 0 radical (unpaired) electrons. The molecule has 18 heavy (non-hydrogen) atoms. The summed E-state index contributed by atoms with van der Waals surface area (Å²) in [5, 5.41) is 8.63. The zero-order valence-electron chi connectivity index (χ0n) is 11.7. The third kappa shape index (κ3) is 3.56. The van der Waals surface area contributed by atoms with Crippen molar-refractivity contribution in [2.24, 2.45) is 5.41 Å². The van der Waals surface area contributed by atoms with Crippen molar-refractivity contribution in [1.82, 2.24) is 0 Å². The van der Waals surface area contributed by atoms with Gasteiger partial charge in [0.05, 0.1) is 18.8 Å². The molecule has 2 aliphatic rings. The largest absolute Gasteiger partial charge is 0.392 e. The standard InChI is InChI=1S/C15H26O3/c1-14(2)7-9-15(10-8-14)6-5-13(18-15)17-12-4-3-11-16/h3-4,13,16H,5-12H2,1-2H3/b4-3-. The molecule has 0 aromatic carbocycles. The minimum absolute atomic E-state index is 0.0467. The van der Waals surface area contributed by atoms with E-state index in [1.165, 1.54) is 25.7 Å². The monoisotopic (exact) mass is 254 g/mol. The van der Waals surface area contributed by atoms with Crippen molar-refractivity contribution in [3.8, 4) is 0 Å². The van der Waals surface area contributed by atoms with Gasteiger partial charge in [0, 0.05) is 6.42 Å². The van der Waals surface area contributed by atoms with Crippen molar-refractivity contribution in [3.05, 3.63) is 12.2 Å². The van der Waals surface area contributed by atoms with Gasteiger partial charge in [-0.25, -0.2) is 0 Å². The third-order valence-electron chi connectivity index (χ3n) is 4.38. The zero-order chi connectivity index (χ0) is 13.1. The molecule has 1 atom stereocenters. The second kappa shape index (κ2) is 5.72. The average molecular weight is 254 g/mol. The smallest absolute Gasteiger partial charge is 0.158 e. The van der Waals surface area contributed by atoms with Crippen LogP contribution in [0.3, 0.4) is 0 Å². The zero-order valence-corrected chi connectivity index (χ0v) is 11.7. The number of aliphatic hydroxyl groups excluding tert-OH is 1. The first-order valence-corrected chi connectivity index (χ1v) is 7.11. The van der Waals surface area contributed by atoms with Crippen molar-refractivity contribution < 1.29 is 14.6 Å². The summed E-state index contributed by atoms with van der Waals surface area (Å²) in [6.45, 7) is 5.31. The van der Waals surface area contributed by atoms with Gasteiger partial charge in [-0.05, 0) is 37.5 Å². The molecule has 2 fully saturated rings. The lowest BCUT2D eigenvalue weighted by Crippen LogP contribution is -2.37. The van der Waals surface area contributed by atoms with E-state index >= 15 is 0 Å². The van der Waals surface area contributed by atoms with E-state index in [1.54, 1.807) is 6.08 Å². The first-order valence-electron chi connectivity index (χ1n) is 7.11. The molecule has 1 saturated carbocycles. The van der Waals surface area contributed by atoms with Gasteiger partial charge >= 0.3 is 0 Å². The van der Waals surface area contributed by atoms with Crippen LogP contribution in [0.15, 0.2) is 12.2 Å². The minimum Gasteiger partial charge on any atom is -0.392 e. The highest BCUT2D eigenvalue weighted by molar-refractivity contribution is 4.94. The Morgan fingerprint density at radius 2 is 1.89 bits per heavy atom. The molecule has 3 nitrogen and oxygen atoms in total. The molecule has 104 valence electrons. The Morgan fingerprint density at radius 1 is 1.17 bits per heavy atom. The van der Waals surface area contributed by atoms with Crippen LogP contribution in [0.25, 0.3) is 0 Å². The van der Waals surface area contributed by atoms with Gasteiger partial charge < -0.3 is 14.6 Å². The first kappa shape index (κ1) is 14.0. The summed E-state index contributed by atoms with van der Waals surface area (Å²) in [6, 6.07) is 0. The Balaban J connectivity index is 1.76. The molecule has 1 N–H and O–H groups in total.